The number of hydrogen-bond acceptors (Lipinski definition) is 14. The van der Waals surface area contributed by atoms with E-state index in [4.69, 9.17) is 11.6 Å². The van der Waals surface area contributed by atoms with E-state index < -0.39 is 5.95 Å². The Kier molecular flexibility index (Phi) is 34.6. The van der Waals surface area contributed by atoms with Gasteiger partial charge in [-0.25, -0.2) is 39.3 Å². The fraction of sp³-hybridized carbons (Fsp3) is 0.419. The van der Waals surface area contributed by atoms with E-state index in [1.807, 2.05) is 144 Å². The summed E-state index contributed by atoms with van der Waals surface area (Å²) in [4.78, 5) is 60.2. The molecule has 105 heavy (non-hydrogen) atoms. The van der Waals surface area contributed by atoms with E-state index in [-0.39, 0.29) is 5.91 Å². The zero-order valence-corrected chi connectivity index (χ0v) is 67.7. The minimum absolute atomic E-state index is 0.198. The minimum Gasteiger partial charge on any atom is -0.297 e. The summed E-state index contributed by atoms with van der Waals surface area (Å²) >= 11 is 5.91. The molecule has 1 aliphatic rings. The Bertz CT molecular complexity index is 4320. The normalized spacial score (nSPS) is 11.6. The van der Waals surface area contributed by atoms with Crippen LogP contribution in [0.3, 0.4) is 0 Å². The average molecular weight is 1440 g/mol. The molecule has 1 saturated heterocycles. The second-order valence-corrected chi connectivity index (χ2v) is 29.1. The Morgan fingerprint density at radius 2 is 0.933 bits per heavy atom. The maximum Gasteiger partial charge on any atom is 0.231 e. The van der Waals surface area contributed by atoms with Crippen molar-refractivity contribution in [2.24, 2.45) is 0 Å². The van der Waals surface area contributed by atoms with Gasteiger partial charge < -0.3 is 0 Å². The molecular formula is C86H114ClFN16O. The third kappa shape index (κ3) is 28.0. The van der Waals surface area contributed by atoms with E-state index in [1.54, 1.807) is 22.0 Å². The number of pyridine rings is 7. The SMILES string of the molecule is CC(C)c1cccc(N2CCCC2=O)n1.Cc1ccc(C(C)C)c(C)n1.Cc1ccc(C(C)C)c(Cl)n1.Cc1ccc(C(C)C)nc1.Cc1ccn(-c2cccc(C(C)C)n2)n1.Cc1cnc(C(C)C)cn1.Cc1nc(-c2cnc(F)cn2)ccc1C(C)C.Cc1nc(-n2nccc2C)ccc1C(C)C. The first kappa shape index (κ1) is 86.0. The molecule has 0 aliphatic carbocycles. The minimum atomic E-state index is -0.579. The van der Waals surface area contributed by atoms with Crippen molar-refractivity contribution in [3.8, 4) is 23.0 Å². The summed E-state index contributed by atoms with van der Waals surface area (Å²) in [6, 6.07) is 36.4. The van der Waals surface area contributed by atoms with Crippen molar-refractivity contribution in [2.75, 3.05) is 11.4 Å². The quantitative estimate of drug-likeness (QED) is 0.105. The van der Waals surface area contributed by atoms with Gasteiger partial charge in [-0.3, -0.25) is 34.6 Å². The molecule has 11 aromatic heterocycles. The standard InChI is InChI=1S/C13H14FN3.C13H17N3.C12H15N3.C12H16N2O.C10H15N.C9H12ClN.C9H13N.C8H12N2/c1-8(2)10-4-5-11(17-9(10)3)12-6-16-13(14)7-15-12;1-9(2)12-5-6-13(15-11(12)4)16-10(3)7-8-14-16;1-9(2)11-5-4-6-12(13-11)15-8-7-10(3)14-15;1-9(2)10-5-3-6-11(13-10)14-8-4-7-12(14)15;1-7(2)10-6-5-8(3)11-9(10)4;1-6(2)8-5-4-7(3)11-9(8)10;1-7(2)9-5-4-8(3)6-10-9;1-6(2)8-5-9-7(3)4-10-8/h4-8H,1-3H3;5-9H,1-4H3;4-9H,1-3H3;3,5-6,9H,4,7-8H2,1-2H3;5-7H,1-4H3;4-6H,1-3H3;4-7H,1-3H3;4-6H,1-3H3. The van der Waals surface area contributed by atoms with Gasteiger partial charge in [0.1, 0.15) is 16.7 Å². The van der Waals surface area contributed by atoms with E-state index in [1.165, 1.54) is 39.8 Å². The molecule has 0 radical (unpaired) electrons. The monoisotopic (exact) mass is 1440 g/mol. The molecule has 0 aromatic carbocycles. The maximum absolute atomic E-state index is 12.7. The number of rotatable bonds is 12. The molecule has 0 spiro atoms. The molecule has 12 heterocycles. The van der Waals surface area contributed by atoms with Gasteiger partial charge in [-0.1, -0.05) is 165 Å². The Hall–Kier alpha value is -9.68. The molecule has 1 amide bonds. The summed E-state index contributed by atoms with van der Waals surface area (Å²) in [5.41, 5.74) is 20.3. The molecule has 0 saturated carbocycles. The van der Waals surface area contributed by atoms with Crippen molar-refractivity contribution in [1.29, 1.82) is 0 Å². The lowest BCUT2D eigenvalue weighted by Crippen LogP contribution is -2.24. The van der Waals surface area contributed by atoms with E-state index in [0.717, 1.165) is 105 Å². The summed E-state index contributed by atoms with van der Waals surface area (Å²) in [6.45, 7) is 53.1. The van der Waals surface area contributed by atoms with Gasteiger partial charge in [-0.15, -0.1) is 0 Å². The van der Waals surface area contributed by atoms with Gasteiger partial charge in [-0.05, 0) is 211 Å². The molecule has 12 rings (SSSR count). The molecule has 0 atom stereocenters. The van der Waals surface area contributed by atoms with Gasteiger partial charge in [0.05, 0.1) is 35.2 Å². The zero-order valence-electron chi connectivity index (χ0n) is 67.0. The van der Waals surface area contributed by atoms with Crippen LogP contribution in [0.5, 0.6) is 0 Å². The Morgan fingerprint density at radius 3 is 1.38 bits per heavy atom. The summed E-state index contributed by atoms with van der Waals surface area (Å²) in [5.74, 6) is 6.07. The molecule has 0 N–H and O–H groups in total. The second kappa shape index (κ2) is 42.3. The van der Waals surface area contributed by atoms with Crippen molar-refractivity contribution in [2.45, 2.75) is 233 Å². The van der Waals surface area contributed by atoms with Gasteiger partial charge >= 0.3 is 0 Å². The van der Waals surface area contributed by atoms with Crippen LogP contribution in [0.4, 0.5) is 10.2 Å². The third-order valence-corrected chi connectivity index (χ3v) is 17.2. The fourth-order valence-corrected chi connectivity index (χ4v) is 11.1. The van der Waals surface area contributed by atoms with E-state index in [9.17, 15) is 9.18 Å². The van der Waals surface area contributed by atoms with Crippen molar-refractivity contribution in [1.82, 2.24) is 74.4 Å². The van der Waals surface area contributed by atoms with Gasteiger partial charge in [0.25, 0.3) is 0 Å². The predicted octanol–water partition coefficient (Wildman–Crippen LogP) is 21.6. The van der Waals surface area contributed by atoms with Crippen LogP contribution in [-0.2, 0) is 4.79 Å². The van der Waals surface area contributed by atoms with Crippen molar-refractivity contribution in [3.63, 3.8) is 0 Å². The van der Waals surface area contributed by atoms with Gasteiger partial charge in [0.15, 0.2) is 11.6 Å². The van der Waals surface area contributed by atoms with Gasteiger partial charge in [-0.2, -0.15) is 14.6 Å². The highest BCUT2D eigenvalue weighted by molar-refractivity contribution is 6.30. The lowest BCUT2D eigenvalue weighted by Gasteiger charge is -2.16. The third-order valence-electron chi connectivity index (χ3n) is 16.9. The first-order valence-electron chi connectivity index (χ1n) is 36.6. The number of anilines is 1. The molecule has 558 valence electrons. The van der Waals surface area contributed by atoms with Crippen LogP contribution in [0, 0.1) is 68.3 Å². The Morgan fingerprint density at radius 1 is 0.400 bits per heavy atom. The van der Waals surface area contributed by atoms with Crippen LogP contribution in [0.2, 0.25) is 5.15 Å². The summed E-state index contributed by atoms with van der Waals surface area (Å²) in [5, 5.41) is 9.23. The van der Waals surface area contributed by atoms with E-state index in [2.05, 4.69) is 227 Å². The summed E-state index contributed by atoms with van der Waals surface area (Å²) in [6.07, 6.45) is 13.4. The lowest BCUT2D eigenvalue weighted by molar-refractivity contribution is -0.117. The fourth-order valence-electron chi connectivity index (χ4n) is 10.7. The molecule has 1 fully saturated rings. The highest BCUT2D eigenvalue weighted by atomic mass is 35.5. The van der Waals surface area contributed by atoms with Crippen LogP contribution in [0.15, 0.2) is 153 Å². The van der Waals surface area contributed by atoms with Crippen LogP contribution in [0.25, 0.3) is 23.0 Å². The van der Waals surface area contributed by atoms with Crippen molar-refractivity contribution in [3.05, 3.63) is 260 Å². The van der Waals surface area contributed by atoms with Crippen LogP contribution < -0.4 is 4.90 Å². The van der Waals surface area contributed by atoms with E-state index in [0.29, 0.717) is 64.6 Å². The molecule has 0 unspecified atom stereocenters. The number of amides is 1. The number of aryl methyl sites for hydroxylation is 9. The van der Waals surface area contributed by atoms with Crippen LogP contribution in [0.1, 0.15) is 267 Å². The average Bonchev–Trinajstić information content (AvgIpc) is 1.76. The highest BCUT2D eigenvalue weighted by Gasteiger charge is 2.23. The first-order chi connectivity index (χ1) is 49.6. The van der Waals surface area contributed by atoms with E-state index >= 15 is 0 Å². The number of halogens is 2. The Labute approximate surface area is 631 Å². The van der Waals surface area contributed by atoms with Gasteiger partial charge in [0.2, 0.25) is 11.9 Å². The van der Waals surface area contributed by atoms with Crippen LogP contribution >= 0.6 is 11.6 Å². The largest absolute Gasteiger partial charge is 0.297 e. The smallest absolute Gasteiger partial charge is 0.231 e. The van der Waals surface area contributed by atoms with Gasteiger partial charge in [0, 0.05) is 95.2 Å². The number of aromatic nitrogens is 15. The predicted molar refractivity (Wildman–Crippen MR) is 429 cm³/mol. The maximum atomic E-state index is 12.7. The first-order valence-corrected chi connectivity index (χ1v) is 37.0. The molecule has 0 bridgehead atoms. The lowest BCUT2D eigenvalue weighted by atomic mass is 10.0. The number of carbonyl (C=O) groups is 1. The Balaban J connectivity index is 0.000000217. The molecule has 1 aliphatic heterocycles. The second-order valence-electron chi connectivity index (χ2n) is 28.8. The summed E-state index contributed by atoms with van der Waals surface area (Å²) < 4.78 is 16.3. The molecule has 17 nitrogen and oxygen atoms in total. The molecular weight excluding hydrogens is 1330 g/mol. The van der Waals surface area contributed by atoms with Crippen molar-refractivity contribution < 1.29 is 9.18 Å². The number of carbonyl (C=O) groups excluding carboxylic acids is 1. The van der Waals surface area contributed by atoms with Crippen molar-refractivity contribution >= 4 is 23.3 Å². The number of hydrogen-bond donors (Lipinski definition) is 0. The zero-order chi connectivity index (χ0) is 77.8. The highest BCUT2D eigenvalue weighted by Crippen LogP contribution is 2.26. The van der Waals surface area contributed by atoms with Crippen LogP contribution in [-0.4, -0.2) is 86.8 Å². The number of nitrogens with zero attached hydrogens (tertiary/aromatic N) is 16. The summed E-state index contributed by atoms with van der Waals surface area (Å²) in [7, 11) is 0. The molecule has 19 heteroatoms. The molecule has 11 aromatic rings. The topological polar surface area (TPSA) is 198 Å².